The van der Waals surface area contributed by atoms with E-state index in [0.717, 1.165) is 17.7 Å². The van der Waals surface area contributed by atoms with E-state index in [1.807, 2.05) is 12.2 Å². The Hall–Kier alpha value is -1.63. The van der Waals surface area contributed by atoms with Gasteiger partial charge in [0.05, 0.1) is 5.71 Å². The van der Waals surface area contributed by atoms with Crippen molar-refractivity contribution in [2.45, 2.75) is 20.3 Å². The molecule has 0 bridgehead atoms. The van der Waals surface area contributed by atoms with Gasteiger partial charge in [0.1, 0.15) is 0 Å². The molecule has 1 aliphatic carbocycles. The lowest BCUT2D eigenvalue weighted by molar-refractivity contribution is 0.789. The van der Waals surface area contributed by atoms with E-state index in [1.54, 1.807) is 6.20 Å². The van der Waals surface area contributed by atoms with Crippen LogP contribution in [0.3, 0.4) is 0 Å². The highest BCUT2D eigenvalue weighted by Crippen LogP contribution is 2.21. The Morgan fingerprint density at radius 1 is 1.31 bits per heavy atom. The van der Waals surface area contributed by atoms with E-state index in [-0.39, 0.29) is 0 Å². The molecule has 84 valence electrons. The molecule has 0 heterocycles. The standard InChI is InChI=1S/C15H19N/c1-5-13(12(3)4)14-10-8-7-9-11-15(14)16-6-2/h5-6,8-12H,1-2,7H2,3-4H3/b14-13+,16-15?. The first-order valence-corrected chi connectivity index (χ1v) is 5.59. The lowest BCUT2D eigenvalue weighted by Gasteiger charge is -2.12. The van der Waals surface area contributed by atoms with E-state index >= 15 is 0 Å². The van der Waals surface area contributed by atoms with Crippen LogP contribution in [0.25, 0.3) is 0 Å². The first-order valence-electron chi connectivity index (χ1n) is 5.59. The average Bonchev–Trinajstić information content (AvgIpc) is 2.46. The lowest BCUT2D eigenvalue weighted by atomic mass is 9.94. The van der Waals surface area contributed by atoms with Gasteiger partial charge in [0, 0.05) is 11.8 Å². The van der Waals surface area contributed by atoms with Crippen LogP contribution >= 0.6 is 0 Å². The summed E-state index contributed by atoms with van der Waals surface area (Å²) < 4.78 is 0. The Kier molecular flexibility index (Phi) is 4.71. The van der Waals surface area contributed by atoms with E-state index in [1.165, 1.54) is 5.57 Å². The summed E-state index contributed by atoms with van der Waals surface area (Å²) in [4.78, 5) is 4.31. The zero-order chi connectivity index (χ0) is 12.0. The van der Waals surface area contributed by atoms with Crippen LogP contribution in [-0.4, -0.2) is 5.71 Å². The highest BCUT2D eigenvalue weighted by Gasteiger charge is 2.10. The van der Waals surface area contributed by atoms with Gasteiger partial charge in [-0.05, 0) is 24.0 Å². The zero-order valence-corrected chi connectivity index (χ0v) is 10.1. The summed E-state index contributed by atoms with van der Waals surface area (Å²) in [5.41, 5.74) is 3.34. The molecule has 0 aromatic heterocycles. The van der Waals surface area contributed by atoms with Gasteiger partial charge in [0.15, 0.2) is 0 Å². The van der Waals surface area contributed by atoms with Gasteiger partial charge in [-0.1, -0.05) is 51.3 Å². The first-order chi connectivity index (χ1) is 7.70. The topological polar surface area (TPSA) is 12.4 Å². The SMILES string of the molecule is C=CN=C1C=CCC=C/C1=C(/C=C)C(C)C. The second-order valence-corrected chi connectivity index (χ2v) is 3.97. The minimum absolute atomic E-state index is 0.443. The van der Waals surface area contributed by atoms with Gasteiger partial charge < -0.3 is 0 Å². The third-order valence-electron chi connectivity index (χ3n) is 2.49. The largest absolute Gasteiger partial charge is 0.257 e. The molecule has 0 aromatic carbocycles. The maximum Gasteiger partial charge on any atom is 0.0701 e. The smallest absolute Gasteiger partial charge is 0.0701 e. The quantitative estimate of drug-likeness (QED) is 0.665. The van der Waals surface area contributed by atoms with Gasteiger partial charge in [-0.15, -0.1) is 0 Å². The molecule has 0 aromatic rings. The Bertz CT molecular complexity index is 390. The van der Waals surface area contributed by atoms with Gasteiger partial charge in [-0.25, -0.2) is 0 Å². The molecule has 0 N–H and O–H groups in total. The second-order valence-electron chi connectivity index (χ2n) is 3.97. The minimum atomic E-state index is 0.443. The Labute approximate surface area is 98.3 Å². The third-order valence-corrected chi connectivity index (χ3v) is 2.49. The molecule has 1 rings (SSSR count). The van der Waals surface area contributed by atoms with E-state index in [0.29, 0.717) is 5.92 Å². The monoisotopic (exact) mass is 213 g/mol. The van der Waals surface area contributed by atoms with Gasteiger partial charge in [0.25, 0.3) is 0 Å². The van der Waals surface area contributed by atoms with Crippen molar-refractivity contribution in [2.75, 3.05) is 0 Å². The summed E-state index contributed by atoms with van der Waals surface area (Å²) in [6.07, 6.45) is 12.9. The van der Waals surface area contributed by atoms with E-state index < -0.39 is 0 Å². The van der Waals surface area contributed by atoms with Crippen molar-refractivity contribution in [1.82, 2.24) is 0 Å². The Morgan fingerprint density at radius 3 is 2.56 bits per heavy atom. The molecule has 1 aliphatic rings. The Morgan fingerprint density at radius 2 is 2.00 bits per heavy atom. The molecule has 0 saturated heterocycles. The number of rotatable bonds is 3. The molecule has 0 spiro atoms. The number of nitrogens with zero attached hydrogens (tertiary/aromatic N) is 1. The van der Waals surface area contributed by atoms with Crippen LogP contribution in [0.2, 0.25) is 0 Å². The van der Waals surface area contributed by atoms with Crippen molar-refractivity contribution in [2.24, 2.45) is 10.9 Å². The molecule has 1 heteroatoms. The van der Waals surface area contributed by atoms with Gasteiger partial charge in [-0.3, -0.25) is 4.99 Å². The summed E-state index contributed by atoms with van der Waals surface area (Å²) in [5, 5.41) is 0. The number of aliphatic imine (C=N–C) groups is 1. The van der Waals surface area contributed by atoms with Crippen LogP contribution in [0.4, 0.5) is 0 Å². The first kappa shape index (κ1) is 12.4. The fraction of sp³-hybridized carbons (Fsp3) is 0.267. The van der Waals surface area contributed by atoms with Crippen LogP contribution in [-0.2, 0) is 0 Å². The highest BCUT2D eigenvalue weighted by atomic mass is 14.7. The van der Waals surface area contributed by atoms with Gasteiger partial charge >= 0.3 is 0 Å². The third kappa shape index (κ3) is 2.93. The Balaban J connectivity index is 3.34. The number of hydrogen-bond donors (Lipinski definition) is 0. The summed E-state index contributed by atoms with van der Waals surface area (Å²) in [7, 11) is 0. The maximum atomic E-state index is 4.31. The number of allylic oxidation sites excluding steroid dienone is 7. The average molecular weight is 213 g/mol. The molecule has 0 atom stereocenters. The minimum Gasteiger partial charge on any atom is -0.257 e. The van der Waals surface area contributed by atoms with Crippen LogP contribution in [0, 0.1) is 5.92 Å². The fourth-order valence-corrected chi connectivity index (χ4v) is 1.73. The molecular formula is C15H19N. The van der Waals surface area contributed by atoms with Crippen LogP contribution in [0.15, 0.2) is 65.9 Å². The van der Waals surface area contributed by atoms with Crippen molar-refractivity contribution in [1.29, 1.82) is 0 Å². The van der Waals surface area contributed by atoms with Crippen LogP contribution in [0.5, 0.6) is 0 Å². The molecule has 0 fully saturated rings. The van der Waals surface area contributed by atoms with Gasteiger partial charge in [-0.2, -0.15) is 0 Å². The summed E-state index contributed by atoms with van der Waals surface area (Å²) in [5.74, 6) is 0.443. The van der Waals surface area contributed by atoms with Crippen molar-refractivity contribution >= 4 is 5.71 Å². The normalized spacial score (nSPS) is 21.1. The zero-order valence-electron chi connectivity index (χ0n) is 10.1. The molecule has 0 unspecified atom stereocenters. The predicted molar refractivity (Wildman–Crippen MR) is 72.6 cm³/mol. The van der Waals surface area contributed by atoms with Gasteiger partial charge in [0.2, 0.25) is 0 Å². The molecule has 0 radical (unpaired) electrons. The predicted octanol–water partition coefficient (Wildman–Crippen LogP) is 4.23. The van der Waals surface area contributed by atoms with E-state index in [2.05, 4.69) is 50.2 Å². The van der Waals surface area contributed by atoms with Crippen molar-refractivity contribution in [3.05, 3.63) is 60.9 Å². The molecule has 0 saturated carbocycles. The summed E-state index contributed by atoms with van der Waals surface area (Å²) >= 11 is 0. The van der Waals surface area contributed by atoms with Crippen LogP contribution in [0.1, 0.15) is 20.3 Å². The van der Waals surface area contributed by atoms with Crippen LogP contribution < -0.4 is 0 Å². The van der Waals surface area contributed by atoms with Crippen molar-refractivity contribution < 1.29 is 0 Å². The molecule has 1 nitrogen and oxygen atoms in total. The lowest BCUT2D eigenvalue weighted by Crippen LogP contribution is -2.03. The van der Waals surface area contributed by atoms with E-state index in [9.17, 15) is 0 Å². The summed E-state index contributed by atoms with van der Waals surface area (Å²) in [6, 6.07) is 0. The van der Waals surface area contributed by atoms with Crippen molar-refractivity contribution in [3.63, 3.8) is 0 Å². The summed E-state index contributed by atoms with van der Waals surface area (Å²) in [6.45, 7) is 11.9. The number of hydrogen-bond acceptors (Lipinski definition) is 1. The molecule has 16 heavy (non-hydrogen) atoms. The van der Waals surface area contributed by atoms with E-state index in [4.69, 9.17) is 0 Å². The molecule has 0 amide bonds. The fourth-order valence-electron chi connectivity index (χ4n) is 1.73. The molecule has 0 aliphatic heterocycles. The highest BCUT2D eigenvalue weighted by molar-refractivity contribution is 6.11. The maximum absolute atomic E-state index is 4.31. The molecular weight excluding hydrogens is 194 g/mol. The van der Waals surface area contributed by atoms with Crippen molar-refractivity contribution in [3.8, 4) is 0 Å². The second kappa shape index (κ2) is 6.06.